The van der Waals surface area contributed by atoms with Gasteiger partial charge in [-0.2, -0.15) is 22.0 Å². The number of esters is 2. The Balaban J connectivity index is 1.62. The van der Waals surface area contributed by atoms with E-state index < -0.39 is 50.4 Å². The molecule has 0 aromatic heterocycles. The topological polar surface area (TPSA) is 110 Å². The van der Waals surface area contributed by atoms with Gasteiger partial charge in [-0.15, -0.1) is 0 Å². The Morgan fingerprint density at radius 1 is 0.941 bits per heavy atom. The van der Waals surface area contributed by atoms with Gasteiger partial charge in [0.05, 0.1) is 10.8 Å². The van der Waals surface area contributed by atoms with E-state index in [-0.39, 0.29) is 36.8 Å². The highest BCUT2D eigenvalue weighted by molar-refractivity contribution is 7.86. The summed E-state index contributed by atoms with van der Waals surface area (Å²) in [5.41, 5.74) is -2.92. The zero-order valence-electron chi connectivity index (χ0n) is 17.5. The van der Waals surface area contributed by atoms with Gasteiger partial charge < -0.3 is 14.0 Å². The summed E-state index contributed by atoms with van der Waals surface area (Å²) in [6.07, 6.45) is -9.53. The normalized spacial score (nSPS) is 31.7. The molecule has 34 heavy (non-hydrogen) atoms. The highest BCUT2D eigenvalue weighted by atomic mass is 32.2. The largest absolute Gasteiger partial charge is 0.743 e. The quantitative estimate of drug-likeness (QED) is 0.247. The second kappa shape index (κ2) is 7.87. The minimum Gasteiger partial charge on any atom is -0.743 e. The maximum atomic E-state index is 13.9. The van der Waals surface area contributed by atoms with Crippen molar-refractivity contribution in [2.75, 3.05) is 0 Å². The molecule has 4 aliphatic rings. The van der Waals surface area contributed by atoms with Crippen molar-refractivity contribution in [1.82, 2.24) is 0 Å². The van der Waals surface area contributed by atoms with Crippen LogP contribution >= 0.6 is 0 Å². The van der Waals surface area contributed by atoms with Crippen molar-refractivity contribution >= 4 is 22.1 Å². The van der Waals surface area contributed by atoms with Crippen LogP contribution in [0.3, 0.4) is 0 Å². The number of para-hydroxylation sites is 1. The lowest BCUT2D eigenvalue weighted by Gasteiger charge is -2.59. The Morgan fingerprint density at radius 2 is 1.44 bits per heavy atom. The molecule has 0 spiro atoms. The molecule has 0 saturated heterocycles. The van der Waals surface area contributed by atoms with Crippen molar-refractivity contribution < 1.29 is 54.0 Å². The van der Waals surface area contributed by atoms with Gasteiger partial charge in [-0.25, -0.2) is 8.42 Å². The zero-order valence-corrected chi connectivity index (χ0v) is 18.3. The van der Waals surface area contributed by atoms with Gasteiger partial charge in [0.2, 0.25) is 0 Å². The third-order valence-corrected chi connectivity index (χ3v) is 7.92. The van der Waals surface area contributed by atoms with Gasteiger partial charge in [-0.3, -0.25) is 9.59 Å². The number of carbonyl (C=O) groups excluding carboxylic acids is 2. The SMILES string of the molecule is O=C(Oc1ccccc1)C12CC3CC(C1)CC(C(=O)OC(C(F)(F)F)C(F)(F)S(=O)(=O)[O-])(C3)C2. The number of carbonyl (C=O) groups is 2. The van der Waals surface area contributed by atoms with E-state index >= 15 is 0 Å². The molecular formula is C21H20F5O7S-. The average molecular weight is 511 g/mol. The standard InChI is InChI=1S/C21H21F5O7S/c22-20(23,24)15(21(25,26)34(29,30)31)33-17(28)19-9-12-6-13(10-19)8-18(7-12,11-19)16(27)32-14-4-2-1-3-5-14/h1-5,12-13,15H,6-11H2,(H,29,30,31)/p-1. The fourth-order valence-electron chi connectivity index (χ4n) is 6.13. The number of hydrogen-bond acceptors (Lipinski definition) is 7. The molecule has 4 saturated carbocycles. The van der Waals surface area contributed by atoms with E-state index in [9.17, 15) is 44.5 Å². The second-order valence-electron chi connectivity index (χ2n) is 9.57. The van der Waals surface area contributed by atoms with Crippen LogP contribution < -0.4 is 4.74 Å². The lowest BCUT2D eigenvalue weighted by molar-refractivity contribution is -0.267. The minimum absolute atomic E-state index is 0.00295. The van der Waals surface area contributed by atoms with E-state index in [1.807, 2.05) is 0 Å². The summed E-state index contributed by atoms with van der Waals surface area (Å²) >= 11 is 0. The van der Waals surface area contributed by atoms with Crippen LogP contribution in [-0.4, -0.2) is 42.4 Å². The summed E-state index contributed by atoms with van der Waals surface area (Å²) in [4.78, 5) is 26.1. The molecule has 1 aromatic carbocycles. The first-order valence-corrected chi connectivity index (χ1v) is 11.9. The van der Waals surface area contributed by atoms with Crippen LogP contribution in [0.1, 0.15) is 38.5 Å². The van der Waals surface area contributed by atoms with E-state index in [0.717, 1.165) is 0 Å². The Morgan fingerprint density at radius 3 is 1.91 bits per heavy atom. The molecule has 13 heteroatoms. The number of ether oxygens (including phenoxy) is 2. The van der Waals surface area contributed by atoms with Crippen LogP contribution in [0.25, 0.3) is 0 Å². The summed E-state index contributed by atoms with van der Waals surface area (Å²) in [5, 5.41) is -5.92. The third kappa shape index (κ3) is 4.16. The van der Waals surface area contributed by atoms with Crippen molar-refractivity contribution in [3.05, 3.63) is 30.3 Å². The Hall–Kier alpha value is -2.28. The number of halogens is 5. The number of benzene rings is 1. The molecule has 0 aliphatic heterocycles. The van der Waals surface area contributed by atoms with Crippen molar-refractivity contribution in [2.24, 2.45) is 22.7 Å². The van der Waals surface area contributed by atoms with Gasteiger partial charge in [-0.05, 0) is 62.5 Å². The summed E-state index contributed by atoms with van der Waals surface area (Å²) < 4.78 is 110. The Bertz CT molecular complexity index is 1070. The van der Waals surface area contributed by atoms with Crippen LogP contribution in [0.2, 0.25) is 0 Å². The van der Waals surface area contributed by atoms with Crippen molar-refractivity contribution in [2.45, 2.75) is 56.1 Å². The van der Waals surface area contributed by atoms with E-state index in [0.29, 0.717) is 19.3 Å². The first-order valence-electron chi connectivity index (χ1n) is 10.5. The van der Waals surface area contributed by atoms with Gasteiger partial charge in [0, 0.05) is 0 Å². The molecule has 0 radical (unpaired) electrons. The Kier molecular flexibility index (Phi) is 5.75. The number of hydrogen-bond donors (Lipinski definition) is 0. The van der Waals surface area contributed by atoms with Gasteiger partial charge in [-0.1, -0.05) is 18.2 Å². The molecule has 188 valence electrons. The van der Waals surface area contributed by atoms with Gasteiger partial charge in [0.1, 0.15) is 5.75 Å². The number of rotatable bonds is 6. The van der Waals surface area contributed by atoms with Crippen molar-refractivity contribution in [3.8, 4) is 5.75 Å². The molecule has 7 nitrogen and oxygen atoms in total. The van der Waals surface area contributed by atoms with E-state index in [1.165, 1.54) is 12.1 Å². The average Bonchev–Trinajstić information content (AvgIpc) is 2.69. The van der Waals surface area contributed by atoms with E-state index in [2.05, 4.69) is 4.74 Å². The maximum absolute atomic E-state index is 13.9. The van der Waals surface area contributed by atoms with Crippen LogP contribution in [0.5, 0.6) is 5.75 Å². The lowest BCUT2D eigenvalue weighted by Crippen LogP contribution is -2.60. The zero-order chi connectivity index (χ0) is 25.2. The molecule has 0 N–H and O–H groups in total. The fraction of sp³-hybridized carbons (Fsp3) is 0.619. The van der Waals surface area contributed by atoms with Gasteiger partial charge >= 0.3 is 23.4 Å². The molecule has 3 unspecified atom stereocenters. The second-order valence-corrected chi connectivity index (χ2v) is 11.0. The van der Waals surface area contributed by atoms with Gasteiger partial charge in [0.25, 0.3) is 6.10 Å². The van der Waals surface area contributed by atoms with Gasteiger partial charge in [0.15, 0.2) is 10.1 Å². The monoisotopic (exact) mass is 511 g/mol. The molecule has 4 bridgehead atoms. The molecular weight excluding hydrogens is 491 g/mol. The molecule has 1 aromatic rings. The predicted octanol–water partition coefficient (Wildman–Crippen LogP) is 3.79. The summed E-state index contributed by atoms with van der Waals surface area (Å²) in [7, 11) is -6.80. The Labute approximate surface area is 191 Å². The first kappa shape index (κ1) is 24.8. The van der Waals surface area contributed by atoms with Crippen LogP contribution in [0, 0.1) is 22.7 Å². The molecule has 5 rings (SSSR count). The van der Waals surface area contributed by atoms with E-state index in [1.54, 1.807) is 18.2 Å². The summed E-state index contributed by atoms with van der Waals surface area (Å²) in [6, 6.07) is 8.01. The fourth-order valence-corrected chi connectivity index (χ4v) is 6.58. The third-order valence-electron chi connectivity index (χ3n) is 7.04. The molecule has 3 atom stereocenters. The molecule has 0 heterocycles. The minimum atomic E-state index is -6.80. The first-order chi connectivity index (χ1) is 15.6. The van der Waals surface area contributed by atoms with E-state index in [4.69, 9.17) is 4.74 Å². The maximum Gasteiger partial charge on any atom is 0.432 e. The molecule has 0 amide bonds. The highest BCUT2D eigenvalue weighted by Gasteiger charge is 2.68. The summed E-state index contributed by atoms with van der Waals surface area (Å²) in [5.74, 6) is -2.65. The molecule has 4 fully saturated rings. The molecule has 4 aliphatic carbocycles. The highest BCUT2D eigenvalue weighted by Crippen LogP contribution is 2.66. The van der Waals surface area contributed by atoms with Crippen LogP contribution in [-0.2, 0) is 24.4 Å². The number of alkyl halides is 5. The van der Waals surface area contributed by atoms with Crippen molar-refractivity contribution in [1.29, 1.82) is 0 Å². The smallest absolute Gasteiger partial charge is 0.432 e. The summed E-state index contributed by atoms with van der Waals surface area (Å²) in [6.45, 7) is 0. The van der Waals surface area contributed by atoms with Crippen molar-refractivity contribution in [3.63, 3.8) is 0 Å². The predicted molar refractivity (Wildman–Crippen MR) is 102 cm³/mol. The lowest BCUT2D eigenvalue weighted by atomic mass is 9.44. The van der Waals surface area contributed by atoms with Crippen LogP contribution in [0.15, 0.2) is 30.3 Å². The van der Waals surface area contributed by atoms with Crippen LogP contribution in [0.4, 0.5) is 22.0 Å².